The van der Waals surface area contributed by atoms with E-state index in [2.05, 4.69) is 24.1 Å². The molecule has 0 aliphatic rings. The standard InChI is InChI=1S/C12H25N3OS/c1-6-9(10(13)17)11(16)14-7-12(2,3)8-15(4)5/h9H,6-8H2,1-5H3,(H2,13,17)(H,14,16). The molecule has 0 heterocycles. The average molecular weight is 259 g/mol. The summed E-state index contributed by atoms with van der Waals surface area (Å²) in [5.74, 6) is -0.410. The Bertz CT molecular complexity index is 277. The number of carbonyl (C=O) groups excluding carboxylic acids is 1. The van der Waals surface area contributed by atoms with Crippen LogP contribution in [0, 0.1) is 11.3 Å². The van der Waals surface area contributed by atoms with E-state index in [1.807, 2.05) is 21.0 Å². The molecule has 0 aliphatic heterocycles. The van der Waals surface area contributed by atoms with Gasteiger partial charge in [0.1, 0.15) is 0 Å². The first-order chi connectivity index (χ1) is 7.69. The highest BCUT2D eigenvalue weighted by Crippen LogP contribution is 2.14. The van der Waals surface area contributed by atoms with Gasteiger partial charge in [-0.05, 0) is 25.9 Å². The molecule has 0 aromatic rings. The number of thiocarbonyl (C=S) groups is 1. The minimum Gasteiger partial charge on any atom is -0.393 e. The van der Waals surface area contributed by atoms with E-state index in [1.165, 1.54) is 0 Å². The molecule has 1 atom stereocenters. The molecule has 1 amide bonds. The molecule has 0 aliphatic carbocycles. The van der Waals surface area contributed by atoms with Gasteiger partial charge < -0.3 is 16.0 Å². The van der Waals surface area contributed by atoms with Gasteiger partial charge in [0.15, 0.2) is 0 Å². The molecule has 17 heavy (non-hydrogen) atoms. The molecule has 100 valence electrons. The van der Waals surface area contributed by atoms with E-state index < -0.39 is 0 Å². The van der Waals surface area contributed by atoms with E-state index in [0.29, 0.717) is 13.0 Å². The third-order valence-corrected chi connectivity index (χ3v) is 2.84. The Morgan fingerprint density at radius 2 is 2.00 bits per heavy atom. The van der Waals surface area contributed by atoms with E-state index in [1.54, 1.807) is 0 Å². The van der Waals surface area contributed by atoms with E-state index in [0.717, 1.165) is 6.54 Å². The quantitative estimate of drug-likeness (QED) is 0.670. The lowest BCUT2D eigenvalue weighted by Crippen LogP contribution is -2.44. The predicted molar refractivity (Wildman–Crippen MR) is 75.9 cm³/mol. The maximum atomic E-state index is 11.9. The second-order valence-corrected chi connectivity index (χ2v) is 5.95. The zero-order valence-corrected chi connectivity index (χ0v) is 12.4. The lowest BCUT2D eigenvalue weighted by Gasteiger charge is -2.29. The Kier molecular flexibility index (Phi) is 6.64. The predicted octanol–water partition coefficient (Wildman–Crippen LogP) is 1.00. The zero-order valence-electron chi connectivity index (χ0n) is 11.5. The van der Waals surface area contributed by atoms with Crippen molar-refractivity contribution in [1.82, 2.24) is 10.2 Å². The van der Waals surface area contributed by atoms with Crippen LogP contribution < -0.4 is 11.1 Å². The summed E-state index contributed by atoms with van der Waals surface area (Å²) < 4.78 is 0. The molecule has 0 saturated carbocycles. The fourth-order valence-corrected chi connectivity index (χ4v) is 2.15. The largest absolute Gasteiger partial charge is 0.393 e. The highest BCUT2D eigenvalue weighted by atomic mass is 32.1. The van der Waals surface area contributed by atoms with Crippen molar-refractivity contribution in [3.05, 3.63) is 0 Å². The van der Waals surface area contributed by atoms with Gasteiger partial charge in [-0.1, -0.05) is 33.0 Å². The Morgan fingerprint density at radius 3 is 2.35 bits per heavy atom. The molecule has 0 spiro atoms. The van der Waals surface area contributed by atoms with Crippen molar-refractivity contribution in [3.8, 4) is 0 Å². The first kappa shape index (κ1) is 16.3. The second-order valence-electron chi connectivity index (χ2n) is 5.48. The van der Waals surface area contributed by atoms with Gasteiger partial charge in [0.2, 0.25) is 5.91 Å². The number of hydrogen-bond acceptors (Lipinski definition) is 3. The highest BCUT2D eigenvalue weighted by Gasteiger charge is 2.23. The van der Waals surface area contributed by atoms with Gasteiger partial charge in [-0.2, -0.15) is 0 Å². The second kappa shape index (κ2) is 6.91. The van der Waals surface area contributed by atoms with Crippen molar-refractivity contribution in [2.24, 2.45) is 17.1 Å². The minimum atomic E-state index is -0.347. The summed E-state index contributed by atoms with van der Waals surface area (Å²) in [4.78, 5) is 14.2. The van der Waals surface area contributed by atoms with Crippen molar-refractivity contribution in [1.29, 1.82) is 0 Å². The zero-order chi connectivity index (χ0) is 13.6. The number of nitrogens with two attached hydrogens (primary N) is 1. The third kappa shape index (κ3) is 6.58. The Balaban J connectivity index is 4.27. The van der Waals surface area contributed by atoms with Crippen LogP contribution in [0.2, 0.25) is 0 Å². The van der Waals surface area contributed by atoms with Gasteiger partial charge in [0.05, 0.1) is 10.9 Å². The molecule has 3 N–H and O–H groups in total. The summed E-state index contributed by atoms with van der Waals surface area (Å²) in [6.07, 6.45) is 0.648. The molecule has 0 radical (unpaired) electrons. The van der Waals surface area contributed by atoms with E-state index in [9.17, 15) is 4.79 Å². The number of amides is 1. The van der Waals surface area contributed by atoms with Gasteiger partial charge in [-0.25, -0.2) is 0 Å². The number of hydrogen-bond donors (Lipinski definition) is 2. The number of carbonyl (C=O) groups is 1. The Labute approximate surface area is 110 Å². The van der Waals surface area contributed by atoms with Crippen molar-refractivity contribution < 1.29 is 4.79 Å². The van der Waals surface area contributed by atoms with E-state index in [-0.39, 0.29) is 22.2 Å². The molecule has 5 heteroatoms. The van der Waals surface area contributed by atoms with Crippen molar-refractivity contribution in [3.63, 3.8) is 0 Å². The van der Waals surface area contributed by atoms with Crippen LogP contribution in [0.4, 0.5) is 0 Å². The molecule has 4 nitrogen and oxygen atoms in total. The molecule has 0 fully saturated rings. The lowest BCUT2D eigenvalue weighted by molar-refractivity contribution is -0.123. The third-order valence-electron chi connectivity index (χ3n) is 2.55. The van der Waals surface area contributed by atoms with Gasteiger partial charge >= 0.3 is 0 Å². The maximum Gasteiger partial charge on any atom is 0.229 e. The lowest BCUT2D eigenvalue weighted by atomic mass is 9.92. The van der Waals surface area contributed by atoms with Gasteiger partial charge in [-0.15, -0.1) is 0 Å². The molecular weight excluding hydrogens is 234 g/mol. The van der Waals surface area contributed by atoms with Crippen molar-refractivity contribution in [2.75, 3.05) is 27.2 Å². The number of nitrogens with one attached hydrogen (secondary N) is 1. The number of rotatable bonds is 7. The van der Waals surface area contributed by atoms with Crippen LogP contribution >= 0.6 is 12.2 Å². The molecule has 1 unspecified atom stereocenters. The van der Waals surface area contributed by atoms with Gasteiger partial charge in [0.25, 0.3) is 0 Å². The van der Waals surface area contributed by atoms with Crippen LogP contribution in [0.25, 0.3) is 0 Å². The van der Waals surface area contributed by atoms with Crippen LogP contribution in [0.3, 0.4) is 0 Å². The van der Waals surface area contributed by atoms with Crippen molar-refractivity contribution >= 4 is 23.1 Å². The highest BCUT2D eigenvalue weighted by molar-refractivity contribution is 7.80. The van der Waals surface area contributed by atoms with Crippen molar-refractivity contribution in [2.45, 2.75) is 27.2 Å². The molecule has 0 saturated heterocycles. The first-order valence-electron chi connectivity index (χ1n) is 5.91. The van der Waals surface area contributed by atoms with Gasteiger partial charge in [-0.3, -0.25) is 4.79 Å². The van der Waals surface area contributed by atoms with Crippen LogP contribution in [0.1, 0.15) is 27.2 Å². The fraction of sp³-hybridized carbons (Fsp3) is 0.833. The Morgan fingerprint density at radius 1 is 1.47 bits per heavy atom. The molecule has 0 aromatic heterocycles. The van der Waals surface area contributed by atoms with Crippen LogP contribution in [-0.4, -0.2) is 43.0 Å². The summed E-state index contributed by atoms with van der Waals surface area (Å²) in [6.45, 7) is 7.69. The summed E-state index contributed by atoms with van der Waals surface area (Å²) in [5, 5.41) is 2.93. The van der Waals surface area contributed by atoms with E-state index >= 15 is 0 Å². The van der Waals surface area contributed by atoms with E-state index in [4.69, 9.17) is 18.0 Å². The molecule has 0 aromatic carbocycles. The summed E-state index contributed by atoms with van der Waals surface area (Å²) >= 11 is 4.88. The molecule has 0 bridgehead atoms. The smallest absolute Gasteiger partial charge is 0.229 e. The van der Waals surface area contributed by atoms with Crippen LogP contribution in [-0.2, 0) is 4.79 Å². The Hall–Kier alpha value is -0.680. The monoisotopic (exact) mass is 259 g/mol. The molecular formula is C12H25N3OS. The first-order valence-corrected chi connectivity index (χ1v) is 6.32. The summed E-state index contributed by atoms with van der Waals surface area (Å²) in [5.41, 5.74) is 5.57. The summed E-state index contributed by atoms with van der Waals surface area (Å²) in [7, 11) is 4.04. The van der Waals surface area contributed by atoms with Crippen LogP contribution in [0.15, 0.2) is 0 Å². The maximum absolute atomic E-state index is 11.9. The topological polar surface area (TPSA) is 58.4 Å². The molecule has 0 rings (SSSR count). The summed E-state index contributed by atoms with van der Waals surface area (Å²) in [6, 6.07) is 0. The average Bonchev–Trinajstić information content (AvgIpc) is 2.13. The normalized spacial score (nSPS) is 13.5. The number of nitrogens with zero attached hydrogens (tertiary/aromatic N) is 1. The van der Waals surface area contributed by atoms with Crippen LogP contribution in [0.5, 0.6) is 0 Å². The fourth-order valence-electron chi connectivity index (χ4n) is 1.88. The minimum absolute atomic E-state index is 0.0354. The van der Waals surface area contributed by atoms with Gasteiger partial charge in [0, 0.05) is 13.1 Å². The SMILES string of the molecule is CCC(C(=O)NCC(C)(C)CN(C)C)C(N)=S.